The fourth-order valence-corrected chi connectivity index (χ4v) is 25.8. The van der Waals surface area contributed by atoms with E-state index in [0.717, 1.165) is 45.5 Å². The third-order valence-electron chi connectivity index (χ3n) is 31.3. The first-order valence-electron chi connectivity index (χ1n) is 48.8. The van der Waals surface area contributed by atoms with Crippen LogP contribution in [-0.2, 0) is 32.5 Å². The SMILES string of the molecule is CC1(C)c2ccccc2-c2ccc(Nc3ccc4c(c3)C(C)(C)c3ccccc3-4)cc21.CC1(C)c2ccccc2-c2ccc(Nc3ccc4c(c3)C(c3ccccc3)(c3ccccc3)c3ccccc3-4)cc21.CC1(C)c2ccccc2-c2ccc(Nc3ccc4c(c3)C3(c5ccccc5-c5ccccc53)c3ccccc3-4)cc21.c1ccc(-c2ccc(Nc3ccc4sc5ccccc5c4c3)cc2)cc1. The molecule has 0 amide bonds. The van der Waals surface area contributed by atoms with Crippen LogP contribution in [-0.4, -0.2) is 0 Å². The van der Waals surface area contributed by atoms with Crippen molar-refractivity contribution in [1.82, 2.24) is 0 Å². The van der Waals surface area contributed by atoms with Gasteiger partial charge in [-0.2, -0.15) is 0 Å². The Bertz CT molecular complexity index is 8080. The minimum absolute atomic E-state index is 0.0190. The van der Waals surface area contributed by atoms with Crippen LogP contribution in [0.3, 0.4) is 0 Å². The summed E-state index contributed by atoms with van der Waals surface area (Å²) in [5.74, 6) is 0. The Kier molecular flexibility index (Phi) is 20.0. The first kappa shape index (κ1) is 84.6. The van der Waals surface area contributed by atoms with Gasteiger partial charge in [-0.25, -0.2) is 0 Å². The molecule has 28 rings (SSSR count). The van der Waals surface area contributed by atoms with Crippen LogP contribution in [0.25, 0.3) is 109 Å². The Morgan fingerprint density at radius 1 is 0.151 bits per heavy atom. The molecule has 1 heterocycles. The van der Waals surface area contributed by atoms with Crippen molar-refractivity contribution in [3.8, 4) is 89.0 Å². The highest BCUT2D eigenvalue weighted by atomic mass is 32.1. The van der Waals surface area contributed by atoms with E-state index in [4.69, 9.17) is 0 Å². The summed E-state index contributed by atoms with van der Waals surface area (Å²) >= 11 is 1.85. The van der Waals surface area contributed by atoms with Gasteiger partial charge in [-0.15, -0.1) is 11.3 Å². The molecule has 0 atom stereocenters. The van der Waals surface area contributed by atoms with Crippen molar-refractivity contribution in [1.29, 1.82) is 0 Å². The van der Waals surface area contributed by atoms with Crippen LogP contribution < -0.4 is 21.3 Å². The molecule has 1 spiro atoms. The topological polar surface area (TPSA) is 48.1 Å². The number of hydrogen-bond acceptors (Lipinski definition) is 5. The third-order valence-corrected chi connectivity index (χ3v) is 32.5. The van der Waals surface area contributed by atoms with E-state index in [1.54, 1.807) is 0 Å². The van der Waals surface area contributed by atoms with E-state index in [9.17, 15) is 0 Å². The zero-order valence-corrected chi connectivity index (χ0v) is 80.1. The molecule has 20 aromatic carbocycles. The summed E-state index contributed by atoms with van der Waals surface area (Å²) in [4.78, 5) is 0. The number of anilines is 8. The fourth-order valence-electron chi connectivity index (χ4n) is 24.7. The molecule has 21 aromatic rings. The third kappa shape index (κ3) is 13.5. The van der Waals surface area contributed by atoms with Gasteiger partial charge in [-0.05, 0) is 287 Å². The van der Waals surface area contributed by atoms with Gasteiger partial charge < -0.3 is 21.3 Å². The predicted molar refractivity (Wildman–Crippen MR) is 587 cm³/mol. The number of hydrogen-bond donors (Lipinski definition) is 4. The molecule has 4 N–H and O–H groups in total. The molecule has 7 aliphatic rings. The van der Waals surface area contributed by atoms with Crippen LogP contribution in [0.2, 0.25) is 0 Å². The van der Waals surface area contributed by atoms with E-state index in [-0.39, 0.29) is 27.1 Å². The number of benzene rings is 20. The van der Waals surface area contributed by atoms with Crippen LogP contribution in [0.4, 0.5) is 45.5 Å². The molecule has 0 unspecified atom stereocenters. The molecule has 5 heteroatoms. The number of thiophene rings is 1. The summed E-state index contributed by atoms with van der Waals surface area (Å²) < 4.78 is 2.67. The summed E-state index contributed by atoms with van der Waals surface area (Å²) in [7, 11) is 0. The fraction of sp³-hybridized carbons (Fsp3) is 0.104. The Labute approximate surface area is 819 Å². The van der Waals surface area contributed by atoms with E-state index in [0.29, 0.717) is 0 Å². The van der Waals surface area contributed by atoms with Gasteiger partial charge in [0.1, 0.15) is 0 Å². The standard InChI is InChI=1S/C40H29N.C40H31N.C30H27N.C24H17NS/c1-39(2)33-15-7-3-11-27(33)31-21-19-25(23-37(31)39)41-26-20-22-32-30-14-6-10-18-36(30)40(38(32)24-26)34-16-8-4-12-28(34)29-13-5-9-17-35(29)40;1-39(2)35-19-11-9-17-31(35)33-23-21-29(25-37(33)39)41-30-22-24-34-32-18-10-12-20-36(32)40(38(34)26-30,27-13-5-3-6-14-27)28-15-7-4-8-16-28;1-29(2)25-11-7-5-9-21(25)23-15-13-19(17-27(23)29)31-20-14-16-24-22-10-6-8-12-26(22)30(3,4)28(24)18-20;1-2-6-17(7-3-1)18-10-12-19(13-11-18)25-20-14-15-24-22(16-20)21-8-4-5-9-23(21)26-24/h3-24,41H,1-2H3;3-26,41H,1-2H3;5-18,31H,1-4H3;1-16,25H. The molecule has 0 bridgehead atoms. The maximum atomic E-state index is 3.81. The zero-order valence-electron chi connectivity index (χ0n) is 79.3. The van der Waals surface area contributed by atoms with Crippen molar-refractivity contribution in [2.45, 2.75) is 87.9 Å². The van der Waals surface area contributed by atoms with Gasteiger partial charge in [0.2, 0.25) is 0 Å². The number of fused-ring (bicyclic) bond motifs is 28. The highest BCUT2D eigenvalue weighted by molar-refractivity contribution is 7.25. The molecule has 139 heavy (non-hydrogen) atoms. The average Bonchev–Trinajstić information content (AvgIpc) is 1.50. The predicted octanol–water partition coefficient (Wildman–Crippen LogP) is 35.7. The molecular weight excluding hydrogens is 1700 g/mol. The molecule has 666 valence electrons. The smallest absolute Gasteiger partial charge is 0.0726 e. The minimum atomic E-state index is -0.395. The normalized spacial score (nSPS) is 14.7. The van der Waals surface area contributed by atoms with Crippen molar-refractivity contribution >= 4 is 77.0 Å². The van der Waals surface area contributed by atoms with Gasteiger partial charge in [0.25, 0.3) is 0 Å². The summed E-state index contributed by atoms with van der Waals surface area (Å²) in [5.41, 5.74) is 51.4. The molecule has 0 saturated carbocycles. The molecule has 4 nitrogen and oxygen atoms in total. The van der Waals surface area contributed by atoms with Crippen LogP contribution in [0, 0.1) is 0 Å². The van der Waals surface area contributed by atoms with Gasteiger partial charge in [0, 0.05) is 87.3 Å². The second kappa shape index (κ2) is 32.8. The second-order valence-electron chi connectivity index (χ2n) is 40.4. The van der Waals surface area contributed by atoms with Crippen LogP contribution in [0.15, 0.2) is 461 Å². The summed E-state index contributed by atoms with van der Waals surface area (Å²) in [6.07, 6.45) is 0. The first-order chi connectivity index (χ1) is 67.9. The summed E-state index contributed by atoms with van der Waals surface area (Å²) in [6, 6.07) is 169. The Balaban J connectivity index is 0.0000000996. The van der Waals surface area contributed by atoms with Crippen LogP contribution >= 0.6 is 11.3 Å². The van der Waals surface area contributed by atoms with Crippen molar-refractivity contribution < 1.29 is 0 Å². The van der Waals surface area contributed by atoms with Gasteiger partial charge in [0.05, 0.1) is 10.8 Å². The van der Waals surface area contributed by atoms with E-state index in [1.165, 1.54) is 198 Å². The first-order valence-corrected chi connectivity index (χ1v) is 49.6. The maximum Gasteiger partial charge on any atom is 0.0726 e. The lowest BCUT2D eigenvalue weighted by Crippen LogP contribution is -2.28. The summed E-state index contributed by atoms with van der Waals surface area (Å²) in [5, 5.41) is 17.5. The Morgan fingerprint density at radius 3 is 0.727 bits per heavy atom. The van der Waals surface area contributed by atoms with E-state index >= 15 is 0 Å². The molecule has 0 aliphatic heterocycles. The summed E-state index contributed by atoms with van der Waals surface area (Å²) in [6.45, 7) is 18.7. The molecule has 1 aromatic heterocycles. The molecule has 7 aliphatic carbocycles. The molecular formula is C134H104N4S. The van der Waals surface area contributed by atoms with E-state index in [1.807, 2.05) is 17.4 Å². The maximum absolute atomic E-state index is 3.81. The highest BCUT2D eigenvalue weighted by Gasteiger charge is 2.53. The lowest BCUT2D eigenvalue weighted by Gasteiger charge is -2.34. The van der Waals surface area contributed by atoms with Crippen molar-refractivity contribution in [2.24, 2.45) is 0 Å². The van der Waals surface area contributed by atoms with E-state index < -0.39 is 5.41 Å². The molecule has 0 saturated heterocycles. The zero-order chi connectivity index (χ0) is 93.7. The Hall–Kier alpha value is -16.2. The average molecular weight is 1800 g/mol. The van der Waals surface area contributed by atoms with Gasteiger partial charge in [-0.3, -0.25) is 0 Å². The van der Waals surface area contributed by atoms with Crippen molar-refractivity contribution in [3.05, 3.63) is 550 Å². The monoisotopic (exact) mass is 1800 g/mol. The largest absolute Gasteiger partial charge is 0.356 e. The van der Waals surface area contributed by atoms with Crippen LogP contribution in [0.5, 0.6) is 0 Å². The highest BCUT2D eigenvalue weighted by Crippen LogP contribution is 2.65. The lowest BCUT2D eigenvalue weighted by atomic mass is 9.67. The van der Waals surface area contributed by atoms with Gasteiger partial charge in [-0.1, -0.05) is 407 Å². The van der Waals surface area contributed by atoms with Crippen molar-refractivity contribution in [2.75, 3.05) is 21.3 Å². The second-order valence-corrected chi connectivity index (χ2v) is 41.5. The van der Waals surface area contributed by atoms with Gasteiger partial charge in [0.15, 0.2) is 0 Å². The Morgan fingerprint density at radius 2 is 0.374 bits per heavy atom. The lowest BCUT2D eigenvalue weighted by molar-refractivity contribution is 0.660. The quantitative estimate of drug-likeness (QED) is 0.104. The minimum Gasteiger partial charge on any atom is -0.356 e. The van der Waals surface area contributed by atoms with Crippen molar-refractivity contribution in [3.63, 3.8) is 0 Å². The molecule has 0 radical (unpaired) electrons. The number of nitrogens with one attached hydrogen (secondary N) is 4. The van der Waals surface area contributed by atoms with E-state index in [2.05, 4.69) is 532 Å². The van der Waals surface area contributed by atoms with Crippen LogP contribution in [0.1, 0.15) is 144 Å². The van der Waals surface area contributed by atoms with Gasteiger partial charge >= 0.3 is 0 Å². The number of rotatable bonds is 11. The molecule has 0 fully saturated rings.